The smallest absolute Gasteiger partial charge is 1.00 e. The van der Waals surface area contributed by atoms with Gasteiger partial charge in [-0.2, -0.15) is 48.2 Å². The van der Waals surface area contributed by atoms with Crippen LogP contribution < -0.4 is 24.8 Å². The number of aryl methyl sites for hydroxylation is 2. The minimum atomic E-state index is 0. The summed E-state index contributed by atoms with van der Waals surface area (Å²) in [6.07, 6.45) is 4.56. The molecule has 0 saturated heterocycles. The van der Waals surface area contributed by atoms with Gasteiger partial charge in [0.25, 0.3) is 0 Å². The van der Waals surface area contributed by atoms with E-state index in [9.17, 15) is 0 Å². The number of halogens is 2. The monoisotopic (exact) mass is 446 g/mol. The van der Waals surface area contributed by atoms with Crippen LogP contribution in [0.5, 0.6) is 0 Å². The predicted octanol–water partition coefficient (Wildman–Crippen LogP) is 0.672. The van der Waals surface area contributed by atoms with Gasteiger partial charge in [0.1, 0.15) is 0 Å². The van der Waals surface area contributed by atoms with E-state index in [-0.39, 0.29) is 59.5 Å². The van der Waals surface area contributed by atoms with E-state index in [1.165, 1.54) is 24.0 Å². The van der Waals surface area contributed by atoms with Crippen LogP contribution in [0.2, 0.25) is 0 Å². The van der Waals surface area contributed by atoms with E-state index in [0.29, 0.717) is 0 Å². The normalized spacial score (nSPS) is 6.92. The van der Waals surface area contributed by atoms with Crippen LogP contribution in [0.25, 0.3) is 0 Å². The van der Waals surface area contributed by atoms with E-state index in [4.69, 9.17) is 0 Å². The Bertz CT molecular complexity index is 303. The van der Waals surface area contributed by atoms with Gasteiger partial charge in [-0.3, -0.25) is 0 Å². The van der Waals surface area contributed by atoms with Gasteiger partial charge in [-0.25, -0.2) is 24.3 Å². The zero-order chi connectivity index (χ0) is 15.6. The molecule has 2 aromatic carbocycles. The molecule has 0 aliphatic carbocycles. The summed E-state index contributed by atoms with van der Waals surface area (Å²) < 4.78 is 0. The molecule has 0 amide bonds. The first-order valence-corrected chi connectivity index (χ1v) is 7.57. The van der Waals surface area contributed by atoms with E-state index in [0.717, 1.165) is 12.8 Å². The topological polar surface area (TPSA) is 0 Å². The Morgan fingerprint density at radius 2 is 1.00 bits per heavy atom. The van der Waals surface area contributed by atoms with E-state index in [1.807, 2.05) is 24.3 Å². The van der Waals surface area contributed by atoms with Crippen molar-refractivity contribution in [2.45, 2.75) is 53.4 Å². The van der Waals surface area contributed by atoms with E-state index in [1.54, 1.807) is 0 Å². The van der Waals surface area contributed by atoms with Gasteiger partial charge in [0.2, 0.25) is 0 Å². The number of hydrogen-bond donors (Lipinski definition) is 0. The second-order valence-corrected chi connectivity index (χ2v) is 4.63. The molecule has 2 aromatic rings. The van der Waals surface area contributed by atoms with Crippen molar-refractivity contribution in [1.82, 2.24) is 0 Å². The Morgan fingerprint density at radius 1 is 0.750 bits per heavy atom. The van der Waals surface area contributed by atoms with Gasteiger partial charge in [0, 0.05) is 0 Å². The molecule has 2 radical (unpaired) electrons. The molecular weight excluding hydrogens is 415 g/mol. The van der Waals surface area contributed by atoms with Crippen molar-refractivity contribution in [2.24, 2.45) is 0 Å². The summed E-state index contributed by atoms with van der Waals surface area (Å²) >= 11 is 0. The van der Waals surface area contributed by atoms with Crippen molar-refractivity contribution >= 4 is 0 Å². The van der Waals surface area contributed by atoms with Crippen LogP contribution in [-0.2, 0) is 34.7 Å². The van der Waals surface area contributed by atoms with E-state index >= 15 is 0 Å². The predicted molar refractivity (Wildman–Crippen MR) is 94.1 cm³/mol. The van der Waals surface area contributed by atoms with Crippen LogP contribution in [0.15, 0.2) is 48.5 Å². The molecule has 24 heavy (non-hydrogen) atoms. The van der Waals surface area contributed by atoms with Crippen molar-refractivity contribution in [2.75, 3.05) is 0 Å². The second kappa shape index (κ2) is 34.6. The van der Waals surface area contributed by atoms with Crippen LogP contribution >= 0.6 is 0 Å². The SMILES string of the molecule is Cc1ccc[cH-]1.Cc1ccc[cH-]1.[CH2-]CCC.[CH2-]CCC.[Cl-].[Cl-].[Cr+3].[Cr+3]. The first kappa shape index (κ1) is 39.4. The van der Waals surface area contributed by atoms with Crippen molar-refractivity contribution in [1.29, 1.82) is 0 Å². The minimum absolute atomic E-state index is 0. The molecule has 0 heterocycles. The third-order valence-corrected chi connectivity index (χ3v) is 2.37. The molecule has 2 rings (SSSR count). The average Bonchev–Trinajstić information content (AvgIpc) is 3.13. The van der Waals surface area contributed by atoms with Gasteiger partial charge in [-0.1, -0.05) is 40.5 Å². The summed E-state index contributed by atoms with van der Waals surface area (Å²) in [5.74, 6) is 0. The summed E-state index contributed by atoms with van der Waals surface area (Å²) in [7, 11) is 0. The van der Waals surface area contributed by atoms with Crippen LogP contribution in [0.4, 0.5) is 0 Å². The number of hydrogen-bond acceptors (Lipinski definition) is 0. The second-order valence-electron chi connectivity index (χ2n) is 4.63. The third-order valence-electron chi connectivity index (χ3n) is 2.37. The van der Waals surface area contributed by atoms with Crippen molar-refractivity contribution in [3.8, 4) is 0 Å². The number of rotatable bonds is 2. The fourth-order valence-corrected chi connectivity index (χ4v) is 0.940. The maximum atomic E-state index is 3.60. The zero-order valence-electron chi connectivity index (χ0n) is 15.4. The van der Waals surface area contributed by atoms with Crippen LogP contribution in [0.1, 0.15) is 50.7 Å². The fraction of sp³-hybridized carbons (Fsp3) is 0.400. The Labute approximate surface area is 185 Å². The van der Waals surface area contributed by atoms with E-state index < -0.39 is 0 Å². The summed E-state index contributed by atoms with van der Waals surface area (Å²) in [4.78, 5) is 0. The molecule has 0 N–H and O–H groups in total. The molecule has 0 atom stereocenters. The van der Waals surface area contributed by atoms with Gasteiger partial charge < -0.3 is 38.7 Å². The first-order valence-electron chi connectivity index (χ1n) is 7.57. The van der Waals surface area contributed by atoms with Crippen LogP contribution in [0, 0.1) is 27.7 Å². The Balaban J connectivity index is -0.0000000435. The van der Waals surface area contributed by atoms with Crippen molar-refractivity contribution < 1.29 is 59.5 Å². The maximum absolute atomic E-state index is 3.60. The summed E-state index contributed by atoms with van der Waals surface area (Å²) in [5.41, 5.74) is 2.69. The third kappa shape index (κ3) is 38.1. The maximum Gasteiger partial charge on any atom is 3.00 e. The standard InChI is InChI=1S/2C6H7.2C4H9.2ClH.2Cr/c2*1-6-4-2-3-5-6;2*1-3-4-2;;;;/h2*2-5H,1H3;2*1,3-4H2,2H3;2*1H;;/q4*-1;;;2*+3/p-2. The Morgan fingerprint density at radius 3 is 1.04 bits per heavy atom. The fourth-order valence-electron chi connectivity index (χ4n) is 0.940. The average molecular weight is 447 g/mol. The Kier molecular flexibility index (Phi) is 56.9. The van der Waals surface area contributed by atoms with Crippen LogP contribution in [0.3, 0.4) is 0 Å². The summed E-state index contributed by atoms with van der Waals surface area (Å²) in [6, 6.07) is 16.5. The number of unbranched alkanes of at least 4 members (excludes halogenated alkanes) is 2. The van der Waals surface area contributed by atoms with E-state index in [2.05, 4.69) is 65.8 Å². The Hall–Kier alpha value is 0.345. The van der Waals surface area contributed by atoms with Crippen molar-refractivity contribution in [3.63, 3.8) is 0 Å². The molecular formula is C20H32Cl2Cr2. The first-order chi connectivity index (χ1) is 9.62. The minimum Gasteiger partial charge on any atom is -1.00 e. The molecule has 0 fully saturated rings. The molecule has 0 unspecified atom stereocenters. The molecule has 138 valence electrons. The van der Waals surface area contributed by atoms with Crippen LogP contribution in [-0.4, -0.2) is 0 Å². The molecule has 4 heteroatoms. The zero-order valence-corrected chi connectivity index (χ0v) is 19.5. The van der Waals surface area contributed by atoms with Crippen molar-refractivity contribution in [3.05, 3.63) is 73.5 Å². The molecule has 0 bridgehead atoms. The molecule has 0 nitrogen and oxygen atoms in total. The van der Waals surface area contributed by atoms with Gasteiger partial charge in [0.05, 0.1) is 0 Å². The quantitative estimate of drug-likeness (QED) is 0.594. The largest absolute Gasteiger partial charge is 3.00 e. The van der Waals surface area contributed by atoms with Gasteiger partial charge in [-0.05, 0) is 0 Å². The summed E-state index contributed by atoms with van der Waals surface area (Å²) in [6.45, 7) is 15.6. The molecule has 0 aromatic heterocycles. The molecule has 0 spiro atoms. The van der Waals surface area contributed by atoms with Gasteiger partial charge >= 0.3 is 34.7 Å². The summed E-state index contributed by atoms with van der Waals surface area (Å²) in [5, 5.41) is 0. The molecule has 0 aliphatic rings. The molecule has 0 saturated carbocycles. The van der Waals surface area contributed by atoms with Gasteiger partial charge in [-0.15, -0.1) is 0 Å². The molecule has 0 aliphatic heterocycles. The van der Waals surface area contributed by atoms with Gasteiger partial charge in [0.15, 0.2) is 0 Å².